The van der Waals surface area contributed by atoms with Crippen LogP contribution in [0.5, 0.6) is 0 Å². The lowest BCUT2D eigenvalue weighted by Crippen LogP contribution is -2.55. The number of hydrogen-bond donors (Lipinski definition) is 2. The molecular formula is C26H29N5O4. The maximum atomic E-state index is 12.8. The number of carbonyl (C=O) groups is 1. The minimum atomic E-state index is -0.641. The van der Waals surface area contributed by atoms with Gasteiger partial charge in [-0.05, 0) is 62.3 Å². The molecule has 5 atom stereocenters. The molecule has 9 nitrogen and oxygen atoms in total. The molecule has 4 fully saturated rings. The van der Waals surface area contributed by atoms with E-state index in [4.69, 9.17) is 4.74 Å². The molecule has 4 unspecified atom stereocenters. The fourth-order valence-corrected chi connectivity index (χ4v) is 6.66. The maximum absolute atomic E-state index is 12.8. The molecule has 6 rings (SSSR count). The van der Waals surface area contributed by atoms with Crippen molar-refractivity contribution in [2.45, 2.75) is 51.6 Å². The Kier molecular flexibility index (Phi) is 6.05. The highest BCUT2D eigenvalue weighted by atomic mass is 16.6. The molecule has 1 aromatic heterocycles. The van der Waals surface area contributed by atoms with Crippen LogP contribution in [0.2, 0.25) is 0 Å². The minimum absolute atomic E-state index is 0.0377. The van der Waals surface area contributed by atoms with E-state index in [9.17, 15) is 20.2 Å². The number of ether oxygens (including phenoxy) is 1. The molecule has 4 bridgehead atoms. The number of esters is 1. The highest BCUT2D eigenvalue weighted by molar-refractivity contribution is 5.99. The molecule has 35 heavy (non-hydrogen) atoms. The Morgan fingerprint density at radius 2 is 1.97 bits per heavy atom. The number of carbonyl (C=O) groups excluding carboxylic acids is 1. The third kappa shape index (κ3) is 4.29. The predicted molar refractivity (Wildman–Crippen MR) is 130 cm³/mol. The van der Waals surface area contributed by atoms with Crippen LogP contribution >= 0.6 is 0 Å². The first-order valence-electron chi connectivity index (χ1n) is 12.2. The molecule has 182 valence electrons. The lowest BCUT2D eigenvalue weighted by molar-refractivity contribution is -0.383. The van der Waals surface area contributed by atoms with Gasteiger partial charge in [-0.3, -0.25) is 10.1 Å². The monoisotopic (exact) mass is 475 g/mol. The van der Waals surface area contributed by atoms with Crippen LogP contribution in [0.4, 0.5) is 17.2 Å². The van der Waals surface area contributed by atoms with Gasteiger partial charge < -0.3 is 15.4 Å². The molecule has 1 heterocycles. The first-order chi connectivity index (χ1) is 16.9. The van der Waals surface area contributed by atoms with Gasteiger partial charge in [0.15, 0.2) is 0 Å². The van der Waals surface area contributed by atoms with Gasteiger partial charge in [0.2, 0.25) is 5.82 Å². The Balaban J connectivity index is 1.50. The van der Waals surface area contributed by atoms with Crippen LogP contribution < -0.4 is 10.6 Å². The third-order valence-corrected chi connectivity index (χ3v) is 7.86. The zero-order chi connectivity index (χ0) is 24.6. The summed E-state index contributed by atoms with van der Waals surface area (Å²) in [6.45, 7) is 2.21. The molecule has 0 spiro atoms. The predicted octanol–water partition coefficient (Wildman–Crippen LogP) is 4.91. The van der Waals surface area contributed by atoms with E-state index in [-0.39, 0.29) is 52.7 Å². The second kappa shape index (κ2) is 9.17. The summed E-state index contributed by atoms with van der Waals surface area (Å²) >= 11 is 0. The summed E-state index contributed by atoms with van der Waals surface area (Å²) in [4.78, 5) is 28.9. The highest BCUT2D eigenvalue weighted by Gasteiger charge is 2.56. The van der Waals surface area contributed by atoms with Crippen molar-refractivity contribution in [2.75, 3.05) is 17.2 Å². The Bertz CT molecular complexity index is 1160. The van der Waals surface area contributed by atoms with E-state index in [1.54, 1.807) is 6.92 Å². The quantitative estimate of drug-likeness (QED) is 0.313. The van der Waals surface area contributed by atoms with Gasteiger partial charge >= 0.3 is 11.7 Å². The first-order valence-corrected chi connectivity index (χ1v) is 12.2. The second-order valence-corrected chi connectivity index (χ2v) is 10.1. The Hall–Kier alpha value is -3.67. The van der Waals surface area contributed by atoms with E-state index in [1.165, 1.54) is 6.20 Å². The van der Waals surface area contributed by atoms with Gasteiger partial charge in [0.1, 0.15) is 11.3 Å². The van der Waals surface area contributed by atoms with Crippen LogP contribution in [0, 0.1) is 44.6 Å². The minimum Gasteiger partial charge on any atom is -0.462 e. The summed E-state index contributed by atoms with van der Waals surface area (Å²) in [5, 5.41) is 28.7. The molecule has 4 aliphatic carbocycles. The normalized spacial score (nSPS) is 28.2. The summed E-state index contributed by atoms with van der Waals surface area (Å²) < 4.78 is 5.21. The van der Waals surface area contributed by atoms with Crippen molar-refractivity contribution in [3.8, 4) is 6.07 Å². The largest absolute Gasteiger partial charge is 0.462 e. The molecule has 1 aromatic carbocycles. The van der Waals surface area contributed by atoms with Crippen molar-refractivity contribution >= 4 is 23.2 Å². The third-order valence-electron chi connectivity index (χ3n) is 7.86. The summed E-state index contributed by atoms with van der Waals surface area (Å²) in [7, 11) is 0. The molecule has 0 radical (unpaired) electrons. The number of hydrogen-bond acceptors (Lipinski definition) is 8. The van der Waals surface area contributed by atoms with Gasteiger partial charge in [-0.25, -0.2) is 9.78 Å². The van der Waals surface area contributed by atoms with Crippen LogP contribution in [0.25, 0.3) is 0 Å². The smallest absolute Gasteiger partial charge is 0.342 e. The SMILES string of the molecule is CCOC(=O)c1cnc(NCc2ccccc2)c([N+](=O)[O-])c1NC1C2CC3C[C@H]1CC(C#N)(C3)C2. The average Bonchev–Trinajstić information content (AvgIpc) is 2.85. The van der Waals surface area contributed by atoms with Gasteiger partial charge in [0, 0.05) is 18.8 Å². The highest BCUT2D eigenvalue weighted by Crippen LogP contribution is 2.60. The molecule has 2 aromatic rings. The van der Waals surface area contributed by atoms with E-state index in [0.29, 0.717) is 12.5 Å². The number of aromatic nitrogens is 1. The number of nitrogens with one attached hydrogen (secondary N) is 2. The molecular weight excluding hydrogens is 446 g/mol. The molecule has 4 aliphatic rings. The Morgan fingerprint density at radius 3 is 2.60 bits per heavy atom. The second-order valence-electron chi connectivity index (χ2n) is 10.1. The van der Waals surface area contributed by atoms with E-state index >= 15 is 0 Å². The number of anilines is 2. The van der Waals surface area contributed by atoms with Gasteiger partial charge in [-0.1, -0.05) is 30.3 Å². The molecule has 4 saturated carbocycles. The van der Waals surface area contributed by atoms with Crippen molar-refractivity contribution in [3.63, 3.8) is 0 Å². The van der Waals surface area contributed by atoms with Crippen LogP contribution in [-0.4, -0.2) is 28.5 Å². The van der Waals surface area contributed by atoms with Crippen LogP contribution in [0.3, 0.4) is 0 Å². The zero-order valence-corrected chi connectivity index (χ0v) is 19.7. The number of nitro groups is 1. The number of rotatable bonds is 8. The maximum Gasteiger partial charge on any atom is 0.342 e. The van der Waals surface area contributed by atoms with E-state index in [1.807, 2.05) is 30.3 Å². The number of nitriles is 1. The Morgan fingerprint density at radius 1 is 1.26 bits per heavy atom. The van der Waals surface area contributed by atoms with E-state index in [2.05, 4.69) is 21.7 Å². The molecule has 0 amide bonds. The molecule has 2 N–H and O–H groups in total. The standard InChI is InChI=1S/C26H29N5O4/c1-2-35-25(32)20-14-29-24(28-13-16-6-4-3-5-7-16)23(31(33)34)22(20)30-21-18-8-17-9-19(21)12-26(10-17,11-18)15-27/h3-7,14,17-19,21H,2,8-13H2,1H3,(H2,28,29,30)/t17?,18-,19?,21?,26?/m0/s1. The number of benzene rings is 1. The zero-order valence-electron chi connectivity index (χ0n) is 19.7. The van der Waals surface area contributed by atoms with Crippen LogP contribution in [0.1, 0.15) is 54.9 Å². The van der Waals surface area contributed by atoms with Crippen LogP contribution in [0.15, 0.2) is 36.5 Å². The fraction of sp³-hybridized carbons (Fsp3) is 0.500. The molecule has 9 heteroatoms. The average molecular weight is 476 g/mol. The lowest BCUT2D eigenvalue weighted by Gasteiger charge is -2.57. The topological polar surface area (TPSA) is 130 Å². The Labute approximate surface area is 204 Å². The summed E-state index contributed by atoms with van der Waals surface area (Å²) in [5.41, 5.74) is 0.645. The number of nitrogens with zero attached hydrogens (tertiary/aromatic N) is 3. The van der Waals surface area contributed by atoms with Crippen molar-refractivity contribution < 1.29 is 14.5 Å². The fourth-order valence-electron chi connectivity index (χ4n) is 6.66. The van der Waals surface area contributed by atoms with Crippen molar-refractivity contribution in [1.82, 2.24) is 4.98 Å². The van der Waals surface area contributed by atoms with Gasteiger partial charge in [-0.2, -0.15) is 5.26 Å². The number of pyridine rings is 1. The van der Waals surface area contributed by atoms with Gasteiger partial charge in [-0.15, -0.1) is 0 Å². The lowest BCUT2D eigenvalue weighted by atomic mass is 9.48. The van der Waals surface area contributed by atoms with E-state index in [0.717, 1.165) is 37.7 Å². The molecule has 0 saturated heterocycles. The van der Waals surface area contributed by atoms with Crippen molar-refractivity contribution in [3.05, 3.63) is 57.8 Å². The summed E-state index contributed by atoms with van der Waals surface area (Å²) in [5.74, 6) is 0.475. The van der Waals surface area contributed by atoms with Crippen molar-refractivity contribution in [2.24, 2.45) is 23.2 Å². The van der Waals surface area contributed by atoms with Gasteiger partial charge in [0.25, 0.3) is 0 Å². The van der Waals surface area contributed by atoms with Crippen LogP contribution in [-0.2, 0) is 11.3 Å². The molecule has 0 aliphatic heterocycles. The summed E-state index contributed by atoms with van der Waals surface area (Å²) in [6, 6.07) is 12.1. The summed E-state index contributed by atoms with van der Waals surface area (Å²) in [6.07, 6.45) is 5.91. The first kappa shape index (κ1) is 23.1. The van der Waals surface area contributed by atoms with Gasteiger partial charge in [0.05, 0.1) is 23.0 Å². The van der Waals surface area contributed by atoms with Crippen molar-refractivity contribution in [1.29, 1.82) is 5.26 Å². The van der Waals surface area contributed by atoms with E-state index < -0.39 is 10.9 Å².